The highest BCUT2D eigenvalue weighted by molar-refractivity contribution is 6.28. The standard InChI is InChI=1S/C12H15ClN4O4/c13-12-14-7-9(17(20)21)11(15-12)16(6-5-10(18)19)8-3-1-2-4-8/h7-8H,1-6H2,(H,18,19). The Morgan fingerprint density at radius 3 is 2.76 bits per heavy atom. The highest BCUT2D eigenvalue weighted by atomic mass is 35.5. The highest BCUT2D eigenvalue weighted by Gasteiger charge is 2.30. The van der Waals surface area contributed by atoms with Gasteiger partial charge in [0.15, 0.2) is 0 Å². The van der Waals surface area contributed by atoms with Gasteiger partial charge < -0.3 is 10.0 Å². The van der Waals surface area contributed by atoms with Gasteiger partial charge in [-0.1, -0.05) is 12.8 Å². The van der Waals surface area contributed by atoms with Crippen LogP contribution in [0.4, 0.5) is 11.5 Å². The number of aromatic nitrogens is 2. The minimum Gasteiger partial charge on any atom is -0.481 e. The van der Waals surface area contributed by atoms with Gasteiger partial charge in [-0.05, 0) is 24.4 Å². The second kappa shape index (κ2) is 6.66. The van der Waals surface area contributed by atoms with Gasteiger partial charge in [0.05, 0.1) is 11.3 Å². The summed E-state index contributed by atoms with van der Waals surface area (Å²) in [5.41, 5.74) is -0.253. The maximum absolute atomic E-state index is 11.1. The number of anilines is 1. The molecule has 0 aromatic carbocycles. The Balaban J connectivity index is 2.36. The van der Waals surface area contributed by atoms with Gasteiger partial charge in [0.1, 0.15) is 6.20 Å². The molecule has 0 unspecified atom stereocenters. The lowest BCUT2D eigenvalue weighted by molar-refractivity contribution is -0.384. The van der Waals surface area contributed by atoms with Crippen molar-refractivity contribution in [2.75, 3.05) is 11.4 Å². The fourth-order valence-corrected chi connectivity index (χ4v) is 2.71. The first-order valence-electron chi connectivity index (χ1n) is 6.64. The lowest BCUT2D eigenvalue weighted by Crippen LogP contribution is -2.36. The minimum atomic E-state index is -0.958. The number of hydrogen-bond donors (Lipinski definition) is 1. The van der Waals surface area contributed by atoms with E-state index in [-0.39, 0.29) is 35.8 Å². The molecule has 0 atom stereocenters. The molecule has 0 bridgehead atoms. The number of carbonyl (C=O) groups is 1. The lowest BCUT2D eigenvalue weighted by atomic mass is 10.2. The van der Waals surface area contributed by atoms with Crippen LogP contribution in [0.25, 0.3) is 0 Å². The second-order valence-corrected chi connectivity index (χ2v) is 5.22. The van der Waals surface area contributed by atoms with Crippen LogP contribution in [0.1, 0.15) is 32.1 Å². The van der Waals surface area contributed by atoms with Crippen LogP contribution < -0.4 is 4.90 Å². The summed E-state index contributed by atoms with van der Waals surface area (Å²) in [5, 5.41) is 19.9. The molecule has 2 rings (SSSR count). The van der Waals surface area contributed by atoms with Gasteiger partial charge >= 0.3 is 11.7 Å². The van der Waals surface area contributed by atoms with E-state index in [0.717, 1.165) is 31.9 Å². The zero-order valence-electron chi connectivity index (χ0n) is 11.2. The van der Waals surface area contributed by atoms with E-state index < -0.39 is 10.9 Å². The molecule has 1 aliphatic carbocycles. The Bertz CT molecular complexity index is 548. The van der Waals surface area contributed by atoms with Crippen molar-refractivity contribution in [3.63, 3.8) is 0 Å². The molecule has 1 heterocycles. The van der Waals surface area contributed by atoms with Gasteiger partial charge in [-0.25, -0.2) is 4.98 Å². The number of carboxylic acids is 1. The molecule has 1 saturated carbocycles. The third kappa shape index (κ3) is 3.78. The van der Waals surface area contributed by atoms with E-state index in [9.17, 15) is 14.9 Å². The number of nitrogens with zero attached hydrogens (tertiary/aromatic N) is 4. The number of rotatable bonds is 6. The maximum atomic E-state index is 11.1. The fourth-order valence-electron chi connectivity index (χ4n) is 2.58. The Kier molecular flexibility index (Phi) is 4.89. The summed E-state index contributed by atoms with van der Waals surface area (Å²) in [6.07, 6.45) is 4.70. The molecule has 114 valence electrons. The van der Waals surface area contributed by atoms with Crippen molar-refractivity contribution in [3.05, 3.63) is 21.6 Å². The van der Waals surface area contributed by atoms with E-state index in [1.54, 1.807) is 4.90 Å². The summed E-state index contributed by atoms with van der Waals surface area (Å²) in [7, 11) is 0. The van der Waals surface area contributed by atoms with Gasteiger partial charge in [-0.2, -0.15) is 4.98 Å². The summed E-state index contributed by atoms with van der Waals surface area (Å²) in [6.45, 7) is 0.161. The molecule has 0 saturated heterocycles. The SMILES string of the molecule is O=C(O)CCN(c1nc(Cl)ncc1[N+](=O)[O-])C1CCCC1. The molecule has 9 heteroatoms. The molecule has 1 aromatic heterocycles. The van der Waals surface area contributed by atoms with Gasteiger partial charge in [0.2, 0.25) is 11.1 Å². The minimum absolute atomic E-state index is 0.0500. The quantitative estimate of drug-likeness (QED) is 0.487. The summed E-state index contributed by atoms with van der Waals surface area (Å²) in [4.78, 5) is 30.7. The molecule has 1 fully saturated rings. The van der Waals surface area contributed by atoms with E-state index in [4.69, 9.17) is 16.7 Å². The smallest absolute Gasteiger partial charge is 0.329 e. The van der Waals surface area contributed by atoms with E-state index in [1.165, 1.54) is 0 Å². The van der Waals surface area contributed by atoms with Crippen LogP contribution in [0.2, 0.25) is 5.28 Å². The average molecular weight is 315 g/mol. The summed E-state index contributed by atoms with van der Waals surface area (Å²) in [6, 6.07) is 0.0500. The molecule has 21 heavy (non-hydrogen) atoms. The van der Waals surface area contributed by atoms with Crippen molar-refractivity contribution in [1.82, 2.24) is 9.97 Å². The van der Waals surface area contributed by atoms with Gasteiger partial charge in [0, 0.05) is 12.6 Å². The van der Waals surface area contributed by atoms with Crippen molar-refractivity contribution in [2.24, 2.45) is 0 Å². The average Bonchev–Trinajstić information content (AvgIpc) is 2.92. The first kappa shape index (κ1) is 15.4. The molecule has 0 aliphatic heterocycles. The molecule has 0 spiro atoms. The predicted molar refractivity (Wildman–Crippen MR) is 75.6 cm³/mol. The van der Waals surface area contributed by atoms with Crippen LogP contribution in [0, 0.1) is 10.1 Å². The molecule has 1 aliphatic rings. The first-order valence-corrected chi connectivity index (χ1v) is 7.02. The van der Waals surface area contributed by atoms with Gasteiger partial charge in [0.25, 0.3) is 0 Å². The molecular formula is C12H15ClN4O4. The second-order valence-electron chi connectivity index (χ2n) is 4.88. The molecule has 1 aromatic rings. The molecule has 8 nitrogen and oxygen atoms in total. The van der Waals surface area contributed by atoms with E-state index in [1.807, 2.05) is 0 Å². The van der Waals surface area contributed by atoms with Crippen LogP contribution in [0.5, 0.6) is 0 Å². The largest absolute Gasteiger partial charge is 0.481 e. The number of carboxylic acid groups (broad SMARTS) is 1. The van der Waals surface area contributed by atoms with Crippen molar-refractivity contribution in [3.8, 4) is 0 Å². The number of hydrogen-bond acceptors (Lipinski definition) is 6. The molecule has 0 radical (unpaired) electrons. The molecular weight excluding hydrogens is 300 g/mol. The van der Waals surface area contributed by atoms with Crippen molar-refractivity contribution < 1.29 is 14.8 Å². The van der Waals surface area contributed by atoms with Gasteiger partial charge in [-0.15, -0.1) is 0 Å². The van der Waals surface area contributed by atoms with E-state index in [0.29, 0.717) is 0 Å². The summed E-state index contributed by atoms with van der Waals surface area (Å²) >= 11 is 5.75. The van der Waals surface area contributed by atoms with Crippen LogP contribution in [-0.4, -0.2) is 38.6 Å². The summed E-state index contributed by atoms with van der Waals surface area (Å²) < 4.78 is 0. The third-order valence-electron chi connectivity index (χ3n) is 3.52. The Labute approximate surface area is 125 Å². The predicted octanol–water partition coefficient (Wildman–Crippen LogP) is 2.26. The normalized spacial score (nSPS) is 15.1. The van der Waals surface area contributed by atoms with Gasteiger partial charge in [-0.3, -0.25) is 14.9 Å². The molecule has 0 amide bonds. The summed E-state index contributed by atoms with van der Waals surface area (Å²) in [5.74, 6) is -0.853. The number of aliphatic carboxylic acids is 1. The zero-order chi connectivity index (χ0) is 15.4. The first-order chi connectivity index (χ1) is 9.99. The van der Waals surface area contributed by atoms with Crippen LogP contribution in [-0.2, 0) is 4.79 Å². The van der Waals surface area contributed by atoms with Crippen LogP contribution in [0.3, 0.4) is 0 Å². The zero-order valence-corrected chi connectivity index (χ0v) is 12.0. The Morgan fingerprint density at radius 2 is 2.19 bits per heavy atom. The van der Waals surface area contributed by atoms with E-state index in [2.05, 4.69) is 9.97 Å². The monoisotopic (exact) mass is 314 g/mol. The lowest BCUT2D eigenvalue weighted by Gasteiger charge is -2.29. The fraction of sp³-hybridized carbons (Fsp3) is 0.583. The number of nitro groups is 1. The Morgan fingerprint density at radius 1 is 1.52 bits per heavy atom. The third-order valence-corrected chi connectivity index (χ3v) is 3.70. The van der Waals surface area contributed by atoms with Crippen molar-refractivity contribution >= 4 is 29.1 Å². The maximum Gasteiger partial charge on any atom is 0.329 e. The molecule has 1 N–H and O–H groups in total. The van der Waals surface area contributed by atoms with E-state index >= 15 is 0 Å². The topological polar surface area (TPSA) is 109 Å². The number of halogens is 1. The van der Waals surface area contributed by atoms with Crippen LogP contribution in [0.15, 0.2) is 6.20 Å². The van der Waals surface area contributed by atoms with Crippen LogP contribution >= 0.6 is 11.6 Å². The Hall–Kier alpha value is -1.96. The highest BCUT2D eigenvalue weighted by Crippen LogP contribution is 2.33. The van der Waals surface area contributed by atoms with Crippen molar-refractivity contribution in [1.29, 1.82) is 0 Å². The van der Waals surface area contributed by atoms with Crippen molar-refractivity contribution in [2.45, 2.75) is 38.1 Å².